The molecule has 0 atom stereocenters. The fourth-order valence-corrected chi connectivity index (χ4v) is 1.54. The van der Waals surface area contributed by atoms with E-state index in [-0.39, 0.29) is 25.8 Å². The number of hydrogen-bond donors (Lipinski definition) is 0. The number of allylic oxidation sites excluding steroid dienone is 8. The SMILES string of the molecule is C1=CCC(CC2=CC=CC2)=C1.CCl.[Hf+4]. The summed E-state index contributed by atoms with van der Waals surface area (Å²) in [5.41, 5.74) is 3.11. The molecular weight excluding hydrogens is 358 g/mol. The van der Waals surface area contributed by atoms with Crippen molar-refractivity contribution in [2.45, 2.75) is 19.3 Å². The Hall–Kier alpha value is 0.120. The first-order valence-corrected chi connectivity index (χ1v) is 5.28. The summed E-state index contributed by atoms with van der Waals surface area (Å²) in [4.78, 5) is 0. The average molecular weight is 373 g/mol. The predicted octanol–water partition coefficient (Wildman–Crippen LogP) is 4.00. The minimum atomic E-state index is 0. The maximum Gasteiger partial charge on any atom is 4.00 e. The Balaban J connectivity index is 0.000000531. The zero-order valence-electron chi connectivity index (χ0n) is 8.46. The van der Waals surface area contributed by atoms with Gasteiger partial charge in [-0.2, -0.15) is 0 Å². The number of rotatable bonds is 2. The van der Waals surface area contributed by atoms with Crippen LogP contribution in [0.2, 0.25) is 0 Å². The first kappa shape index (κ1) is 14.1. The van der Waals surface area contributed by atoms with Gasteiger partial charge in [0.2, 0.25) is 0 Å². The van der Waals surface area contributed by atoms with Crippen LogP contribution in [0, 0.1) is 0 Å². The Bertz CT molecular complexity index is 244. The van der Waals surface area contributed by atoms with Gasteiger partial charge in [0.05, 0.1) is 0 Å². The van der Waals surface area contributed by atoms with Crippen LogP contribution in [0.15, 0.2) is 47.6 Å². The van der Waals surface area contributed by atoms with Crippen LogP contribution in [0.3, 0.4) is 0 Å². The third-order valence-corrected chi connectivity index (χ3v) is 2.15. The summed E-state index contributed by atoms with van der Waals surface area (Å²) in [6.45, 7) is 0. The van der Waals surface area contributed by atoms with Crippen molar-refractivity contribution >= 4 is 11.6 Å². The summed E-state index contributed by atoms with van der Waals surface area (Å²) in [6.07, 6.45) is 18.2. The quantitative estimate of drug-likeness (QED) is 0.507. The van der Waals surface area contributed by atoms with Gasteiger partial charge in [-0.3, -0.25) is 0 Å². The molecule has 0 saturated heterocycles. The number of alkyl halides is 1. The van der Waals surface area contributed by atoms with Crippen LogP contribution in [0.5, 0.6) is 0 Å². The van der Waals surface area contributed by atoms with Gasteiger partial charge in [0, 0.05) is 6.38 Å². The van der Waals surface area contributed by atoms with Crippen molar-refractivity contribution in [2.75, 3.05) is 6.38 Å². The Morgan fingerprint density at radius 2 is 1.43 bits per heavy atom. The van der Waals surface area contributed by atoms with Crippen molar-refractivity contribution in [3.05, 3.63) is 47.6 Å². The molecule has 2 aliphatic rings. The van der Waals surface area contributed by atoms with Gasteiger partial charge in [-0.25, -0.2) is 0 Å². The van der Waals surface area contributed by atoms with Crippen molar-refractivity contribution in [1.82, 2.24) is 0 Å². The summed E-state index contributed by atoms with van der Waals surface area (Å²) in [6, 6.07) is 0. The molecule has 2 rings (SSSR count). The maximum absolute atomic E-state index is 4.64. The molecule has 0 N–H and O–H groups in total. The number of halogens is 1. The van der Waals surface area contributed by atoms with Crippen molar-refractivity contribution in [3.8, 4) is 0 Å². The predicted molar refractivity (Wildman–Crippen MR) is 60.1 cm³/mol. The summed E-state index contributed by atoms with van der Waals surface area (Å²) >= 11 is 4.64. The van der Waals surface area contributed by atoms with Crippen LogP contribution in [0.4, 0.5) is 0 Å². The average Bonchev–Trinajstić information content (AvgIpc) is 2.81. The maximum atomic E-state index is 4.64. The fourth-order valence-electron chi connectivity index (χ4n) is 1.54. The Kier molecular flexibility index (Phi) is 8.50. The molecule has 0 bridgehead atoms. The normalized spacial score (nSPS) is 16.7. The molecule has 0 aromatic heterocycles. The molecule has 70 valence electrons. The van der Waals surface area contributed by atoms with Gasteiger partial charge in [0.25, 0.3) is 0 Å². The zero-order valence-corrected chi connectivity index (χ0v) is 12.8. The molecule has 0 heterocycles. The van der Waals surface area contributed by atoms with Crippen molar-refractivity contribution in [2.24, 2.45) is 0 Å². The van der Waals surface area contributed by atoms with Crippen LogP contribution in [0.25, 0.3) is 0 Å². The molecule has 0 aromatic carbocycles. The minimum absolute atomic E-state index is 0. The van der Waals surface area contributed by atoms with E-state index in [1.165, 1.54) is 12.8 Å². The molecule has 0 radical (unpaired) electrons. The van der Waals surface area contributed by atoms with Crippen LogP contribution in [-0.2, 0) is 25.8 Å². The first-order chi connectivity index (χ1) is 6.45. The second kappa shape index (κ2) is 8.43. The van der Waals surface area contributed by atoms with Crippen molar-refractivity contribution < 1.29 is 25.8 Å². The van der Waals surface area contributed by atoms with Gasteiger partial charge in [0.1, 0.15) is 0 Å². The van der Waals surface area contributed by atoms with Crippen molar-refractivity contribution in [3.63, 3.8) is 0 Å². The molecule has 0 saturated carbocycles. The van der Waals surface area contributed by atoms with Crippen LogP contribution in [-0.4, -0.2) is 6.38 Å². The fraction of sp³-hybridized carbons (Fsp3) is 0.333. The molecule has 0 spiro atoms. The van der Waals surface area contributed by atoms with E-state index in [0.29, 0.717) is 0 Å². The van der Waals surface area contributed by atoms with Gasteiger partial charge >= 0.3 is 25.8 Å². The monoisotopic (exact) mass is 374 g/mol. The molecule has 2 heteroatoms. The van der Waals surface area contributed by atoms with E-state index in [1.807, 2.05) is 0 Å². The van der Waals surface area contributed by atoms with E-state index in [0.717, 1.165) is 12.8 Å². The molecular formula is C12H15ClHf+4. The molecule has 0 unspecified atom stereocenters. The topological polar surface area (TPSA) is 0 Å². The van der Waals surface area contributed by atoms with Crippen molar-refractivity contribution in [1.29, 1.82) is 0 Å². The Morgan fingerprint density at radius 3 is 1.71 bits per heavy atom. The summed E-state index contributed by atoms with van der Waals surface area (Å²) in [5.74, 6) is 0. The summed E-state index contributed by atoms with van der Waals surface area (Å²) in [7, 11) is 0. The smallest absolute Gasteiger partial charge is 0.130 e. The summed E-state index contributed by atoms with van der Waals surface area (Å²) < 4.78 is 0. The van der Waals surface area contributed by atoms with Gasteiger partial charge in [-0.05, 0) is 19.3 Å². The molecule has 0 aromatic rings. The second-order valence-corrected chi connectivity index (χ2v) is 3.09. The Labute approximate surface area is 110 Å². The Morgan fingerprint density at radius 1 is 1.00 bits per heavy atom. The third-order valence-electron chi connectivity index (χ3n) is 2.15. The first-order valence-electron chi connectivity index (χ1n) is 4.52. The van der Waals surface area contributed by atoms with E-state index >= 15 is 0 Å². The van der Waals surface area contributed by atoms with Crippen LogP contribution in [0.1, 0.15) is 19.3 Å². The molecule has 0 amide bonds. The third kappa shape index (κ3) is 4.56. The molecule has 2 aliphatic carbocycles. The minimum Gasteiger partial charge on any atom is -0.130 e. The molecule has 0 aliphatic heterocycles. The van der Waals surface area contributed by atoms with E-state index in [4.69, 9.17) is 0 Å². The largest absolute Gasteiger partial charge is 4.00 e. The second-order valence-electron chi connectivity index (χ2n) is 3.09. The van der Waals surface area contributed by atoms with Gasteiger partial charge < -0.3 is 0 Å². The zero-order chi connectivity index (χ0) is 9.52. The van der Waals surface area contributed by atoms with E-state index in [2.05, 4.69) is 48.1 Å². The number of hydrogen-bond acceptors (Lipinski definition) is 0. The van der Waals surface area contributed by atoms with Gasteiger partial charge in [0.15, 0.2) is 0 Å². The van der Waals surface area contributed by atoms with E-state index < -0.39 is 0 Å². The molecule has 0 fully saturated rings. The van der Waals surface area contributed by atoms with E-state index in [9.17, 15) is 0 Å². The molecule has 0 nitrogen and oxygen atoms in total. The van der Waals surface area contributed by atoms with Crippen LogP contribution < -0.4 is 0 Å². The van der Waals surface area contributed by atoms with Gasteiger partial charge in [-0.1, -0.05) is 47.6 Å². The summed E-state index contributed by atoms with van der Waals surface area (Å²) in [5, 5.41) is 0. The van der Waals surface area contributed by atoms with Gasteiger partial charge in [-0.15, -0.1) is 11.6 Å². The molecule has 14 heavy (non-hydrogen) atoms. The standard InChI is InChI=1S/C11H12.CH3Cl.Hf/c1-2-6-10(5-1)9-11-7-3-4-8-11;1-2;/h1-5,7H,6,8-9H2;1H3;/q;;+4. The van der Waals surface area contributed by atoms with E-state index in [1.54, 1.807) is 11.1 Å². The van der Waals surface area contributed by atoms with Crippen LogP contribution >= 0.6 is 11.6 Å².